The van der Waals surface area contributed by atoms with Gasteiger partial charge in [-0.25, -0.2) is 0 Å². The first-order valence-electron chi connectivity index (χ1n) is 15.5. The highest BCUT2D eigenvalue weighted by molar-refractivity contribution is 5.96. The predicted octanol–water partition coefficient (Wildman–Crippen LogP) is 8.97. The Labute approximate surface area is 267 Å². The van der Waals surface area contributed by atoms with E-state index in [0.717, 1.165) is 39.9 Å². The number of hydrogen-bond acceptors (Lipinski definition) is 4. The van der Waals surface area contributed by atoms with Crippen molar-refractivity contribution < 1.29 is 19.8 Å². The van der Waals surface area contributed by atoms with Crippen LogP contribution in [-0.4, -0.2) is 34.0 Å². The van der Waals surface area contributed by atoms with E-state index in [1.165, 1.54) is 12.5 Å². The zero-order valence-electron chi connectivity index (χ0n) is 28.7. The van der Waals surface area contributed by atoms with Gasteiger partial charge in [0.25, 0.3) is 0 Å². The molecule has 0 aromatic heterocycles. The maximum Gasteiger partial charge on any atom is 0.162 e. The van der Waals surface area contributed by atoms with Crippen LogP contribution in [0.5, 0.6) is 0 Å². The van der Waals surface area contributed by atoms with E-state index in [-0.39, 0.29) is 29.5 Å². The van der Waals surface area contributed by atoms with Crippen molar-refractivity contribution in [3.05, 3.63) is 105 Å². The Morgan fingerprint density at radius 1 is 0.864 bits per heavy atom. The summed E-state index contributed by atoms with van der Waals surface area (Å²) in [5.74, 6) is 6.64. The Morgan fingerprint density at radius 3 is 1.98 bits per heavy atom. The standard InChI is InChI=1S/C40H54O4/c1-28(17-13-18-30(3)21-22-38-34(7)24-37(43)27-40(38,9)10)15-11-12-16-29(2)19-14-20-31(4)39(44)25-33(6)32(5)23-36(42)26-35(8)41/h11-20,36-37,42-43H,23-27H2,1-10H3. The fraction of sp³-hybridized carbons (Fsp3) is 0.450. The molecule has 0 aromatic carbocycles. The Morgan fingerprint density at radius 2 is 1.43 bits per heavy atom. The number of Topliss-reactive ketones (excluding diaryl/α,β-unsaturated/α-hetero) is 2. The average molecular weight is 599 g/mol. The molecular weight excluding hydrogens is 544 g/mol. The van der Waals surface area contributed by atoms with Gasteiger partial charge in [-0.05, 0) is 85.8 Å². The monoisotopic (exact) mass is 598 g/mol. The fourth-order valence-corrected chi connectivity index (χ4v) is 5.05. The maximum atomic E-state index is 12.6. The Kier molecular flexibility index (Phi) is 16.6. The van der Waals surface area contributed by atoms with E-state index < -0.39 is 6.10 Å². The topological polar surface area (TPSA) is 74.6 Å². The number of carbonyl (C=O) groups excluding carboxylic acids is 2. The molecule has 2 unspecified atom stereocenters. The van der Waals surface area contributed by atoms with Gasteiger partial charge in [0, 0.05) is 23.8 Å². The largest absolute Gasteiger partial charge is 0.393 e. The van der Waals surface area contributed by atoms with Gasteiger partial charge in [-0.2, -0.15) is 0 Å². The number of hydrogen-bond donors (Lipinski definition) is 2. The molecule has 0 amide bonds. The van der Waals surface area contributed by atoms with Crippen molar-refractivity contribution in [1.29, 1.82) is 0 Å². The van der Waals surface area contributed by atoms with Gasteiger partial charge in [-0.15, -0.1) is 0 Å². The van der Waals surface area contributed by atoms with Crippen LogP contribution in [0.2, 0.25) is 0 Å². The first-order chi connectivity index (χ1) is 20.5. The molecule has 44 heavy (non-hydrogen) atoms. The van der Waals surface area contributed by atoms with Gasteiger partial charge < -0.3 is 10.2 Å². The number of allylic oxidation sites excluding steroid dienone is 16. The molecule has 238 valence electrons. The maximum absolute atomic E-state index is 12.6. The number of ketones is 2. The Balaban J connectivity index is 2.68. The van der Waals surface area contributed by atoms with Gasteiger partial charge in [0.15, 0.2) is 5.78 Å². The molecule has 0 heterocycles. The summed E-state index contributed by atoms with van der Waals surface area (Å²) in [5, 5.41) is 20.1. The molecule has 0 fully saturated rings. The minimum atomic E-state index is -0.701. The van der Waals surface area contributed by atoms with Crippen LogP contribution in [-0.2, 0) is 9.59 Å². The van der Waals surface area contributed by atoms with Crippen molar-refractivity contribution in [1.82, 2.24) is 0 Å². The third-order valence-electron chi connectivity index (χ3n) is 7.67. The molecule has 0 saturated heterocycles. The molecule has 2 N–H and O–H groups in total. The van der Waals surface area contributed by atoms with Crippen LogP contribution in [0.3, 0.4) is 0 Å². The van der Waals surface area contributed by atoms with E-state index in [1.807, 2.05) is 96.2 Å². The smallest absolute Gasteiger partial charge is 0.162 e. The van der Waals surface area contributed by atoms with Crippen LogP contribution < -0.4 is 0 Å². The minimum Gasteiger partial charge on any atom is -0.393 e. The average Bonchev–Trinajstić information content (AvgIpc) is 2.89. The van der Waals surface area contributed by atoms with Crippen molar-refractivity contribution in [2.24, 2.45) is 5.41 Å². The second-order valence-electron chi connectivity index (χ2n) is 12.9. The highest BCUT2D eigenvalue weighted by atomic mass is 16.3. The van der Waals surface area contributed by atoms with Gasteiger partial charge in [-0.3, -0.25) is 9.59 Å². The lowest BCUT2D eigenvalue weighted by Gasteiger charge is -2.34. The van der Waals surface area contributed by atoms with E-state index in [1.54, 1.807) is 0 Å². The summed E-state index contributed by atoms with van der Waals surface area (Å²) in [7, 11) is 0. The first-order valence-corrected chi connectivity index (χ1v) is 15.5. The summed E-state index contributed by atoms with van der Waals surface area (Å²) >= 11 is 0. The summed E-state index contributed by atoms with van der Waals surface area (Å²) in [6, 6.07) is 0. The predicted molar refractivity (Wildman–Crippen MR) is 186 cm³/mol. The normalized spacial score (nSPS) is 19.9. The van der Waals surface area contributed by atoms with Crippen LogP contribution in [0.1, 0.15) is 101 Å². The molecule has 1 rings (SSSR count). The van der Waals surface area contributed by atoms with Crippen molar-refractivity contribution in [2.75, 3.05) is 0 Å². The third kappa shape index (κ3) is 15.3. The Bertz CT molecular complexity index is 1380. The molecule has 2 atom stereocenters. The van der Waals surface area contributed by atoms with E-state index in [9.17, 15) is 19.8 Å². The summed E-state index contributed by atoms with van der Waals surface area (Å²) < 4.78 is 0. The van der Waals surface area contributed by atoms with Gasteiger partial charge >= 0.3 is 0 Å². The van der Waals surface area contributed by atoms with Gasteiger partial charge in [0.1, 0.15) is 5.78 Å². The number of aliphatic hydroxyl groups excluding tert-OH is 2. The summed E-state index contributed by atoms with van der Waals surface area (Å²) in [5.41, 5.74) is 7.95. The van der Waals surface area contributed by atoms with Crippen molar-refractivity contribution in [3.8, 4) is 11.8 Å². The van der Waals surface area contributed by atoms with Crippen molar-refractivity contribution in [3.63, 3.8) is 0 Å². The fourth-order valence-electron chi connectivity index (χ4n) is 5.05. The second kappa shape index (κ2) is 19.0. The van der Waals surface area contributed by atoms with Gasteiger partial charge in [0.05, 0.1) is 12.2 Å². The lowest BCUT2D eigenvalue weighted by Crippen LogP contribution is -2.28. The summed E-state index contributed by atoms with van der Waals surface area (Å²) in [6.45, 7) is 19.5. The van der Waals surface area contributed by atoms with Gasteiger partial charge in [-0.1, -0.05) is 114 Å². The minimum absolute atomic E-state index is 0.0414. The van der Waals surface area contributed by atoms with Crippen LogP contribution in [0.4, 0.5) is 0 Å². The summed E-state index contributed by atoms with van der Waals surface area (Å²) in [6.07, 6.45) is 21.1. The number of aliphatic hydroxyl groups is 2. The summed E-state index contributed by atoms with van der Waals surface area (Å²) in [4.78, 5) is 23.8. The molecule has 1 aliphatic rings. The quantitative estimate of drug-likeness (QED) is 0.0960. The SMILES string of the molecule is CC(=O)CC(O)CC(C)=C(C)CC(=O)C(C)=CC=CC(C)=CC=CC=C(C)C=CC=C(C)C#CC1=C(C)CC(O)CC1(C)C. The van der Waals surface area contributed by atoms with E-state index in [2.05, 4.69) is 38.7 Å². The van der Waals surface area contributed by atoms with Crippen molar-refractivity contribution >= 4 is 11.6 Å². The van der Waals surface area contributed by atoms with E-state index >= 15 is 0 Å². The zero-order chi connectivity index (χ0) is 33.4. The molecule has 4 nitrogen and oxygen atoms in total. The molecule has 1 aliphatic carbocycles. The molecule has 0 aromatic rings. The van der Waals surface area contributed by atoms with Crippen molar-refractivity contribution in [2.45, 2.75) is 114 Å². The number of rotatable bonds is 13. The Hall–Kier alpha value is -3.52. The molecule has 0 spiro atoms. The molecule has 0 radical (unpaired) electrons. The third-order valence-corrected chi connectivity index (χ3v) is 7.67. The highest BCUT2D eigenvalue weighted by Gasteiger charge is 2.32. The van der Waals surface area contributed by atoms with Crippen LogP contribution in [0, 0.1) is 17.3 Å². The highest BCUT2D eigenvalue weighted by Crippen LogP contribution is 2.39. The molecular formula is C40H54O4. The first kappa shape index (κ1) is 38.5. The van der Waals surface area contributed by atoms with E-state index in [0.29, 0.717) is 24.8 Å². The van der Waals surface area contributed by atoms with Crippen LogP contribution in [0.15, 0.2) is 105 Å². The zero-order valence-corrected chi connectivity index (χ0v) is 28.7. The van der Waals surface area contributed by atoms with E-state index in [4.69, 9.17) is 0 Å². The molecule has 0 saturated carbocycles. The molecule has 4 heteroatoms. The molecule has 0 bridgehead atoms. The van der Waals surface area contributed by atoms with Gasteiger partial charge in [0.2, 0.25) is 0 Å². The lowest BCUT2D eigenvalue weighted by atomic mass is 9.72. The van der Waals surface area contributed by atoms with Crippen LogP contribution in [0.25, 0.3) is 0 Å². The number of carbonyl (C=O) groups is 2. The lowest BCUT2D eigenvalue weighted by molar-refractivity contribution is -0.119. The molecule has 0 aliphatic heterocycles. The second-order valence-corrected chi connectivity index (χ2v) is 12.9. The van der Waals surface area contributed by atoms with Crippen LogP contribution >= 0.6 is 0 Å².